The Bertz CT molecular complexity index is 1810. The molecule has 2 heterocycles. The van der Waals surface area contributed by atoms with Gasteiger partial charge in [0, 0.05) is 42.2 Å². The Morgan fingerprint density at radius 1 is 0.766 bits per heavy atom. The third kappa shape index (κ3) is 9.46. The number of hydrogen-bond donors (Lipinski definition) is 4. The lowest BCUT2D eigenvalue weighted by molar-refractivity contribution is -0.119. The molecule has 3 rings (SSSR count). The molecule has 1 aromatic carbocycles. The zero-order valence-corrected chi connectivity index (χ0v) is 28.0. The largest absolute Gasteiger partial charge is 0.478 e. The number of Topliss-reactive ketones (excluding diaryl/α,β-unsaturated/α-hetero) is 2. The summed E-state index contributed by atoms with van der Waals surface area (Å²) in [6.07, 6.45) is 0. The molecule has 47 heavy (non-hydrogen) atoms. The van der Waals surface area contributed by atoms with Gasteiger partial charge in [-0.3, -0.25) is 24.0 Å². The van der Waals surface area contributed by atoms with Crippen LogP contribution in [-0.4, -0.2) is 60.6 Å². The van der Waals surface area contributed by atoms with Crippen molar-refractivity contribution in [2.75, 3.05) is 5.32 Å². The summed E-state index contributed by atoms with van der Waals surface area (Å²) in [5, 5.41) is 16.7. The number of amides is 3. The third-order valence-corrected chi connectivity index (χ3v) is 6.72. The second-order valence-electron chi connectivity index (χ2n) is 12.8. The first-order chi connectivity index (χ1) is 21.5. The molecule has 0 unspecified atom stereocenters. The Hall–Kier alpha value is -5.58. The minimum atomic E-state index is -1.12. The van der Waals surface area contributed by atoms with E-state index < -0.39 is 52.2 Å². The van der Waals surface area contributed by atoms with Crippen LogP contribution in [0.25, 0.3) is 4.85 Å². The highest BCUT2D eigenvalue weighted by Gasteiger charge is 2.28. The van der Waals surface area contributed by atoms with Gasteiger partial charge in [0.2, 0.25) is 5.69 Å². The van der Waals surface area contributed by atoms with Gasteiger partial charge < -0.3 is 30.2 Å². The lowest BCUT2D eigenvalue weighted by Gasteiger charge is -2.19. The van der Waals surface area contributed by atoms with Gasteiger partial charge in [-0.2, -0.15) is 0 Å². The molecule has 14 heteroatoms. The Kier molecular flexibility index (Phi) is 11.4. The number of aromatic nitrogens is 2. The first-order valence-electron chi connectivity index (χ1n) is 14.3. The van der Waals surface area contributed by atoms with Crippen LogP contribution in [0.2, 0.25) is 0 Å². The molecule has 3 aromatic rings. The molecule has 250 valence electrons. The summed E-state index contributed by atoms with van der Waals surface area (Å²) in [6.45, 7) is 20.7. The molecule has 0 saturated carbocycles. The molecule has 0 aliphatic heterocycles. The van der Waals surface area contributed by atoms with Crippen molar-refractivity contribution in [3.05, 3.63) is 81.5 Å². The van der Waals surface area contributed by atoms with Crippen LogP contribution in [0, 0.1) is 26.2 Å². The maximum absolute atomic E-state index is 13.4. The zero-order valence-electron chi connectivity index (χ0n) is 28.0. The number of halogens is 1. The summed E-state index contributed by atoms with van der Waals surface area (Å²) in [7, 11) is 3.14. The zero-order chi connectivity index (χ0) is 36.2. The highest BCUT2D eigenvalue weighted by Crippen LogP contribution is 2.24. The fraction of sp³-hybridized carbons (Fsp3) is 0.364. The summed E-state index contributed by atoms with van der Waals surface area (Å²) < 4.78 is 16.3. The van der Waals surface area contributed by atoms with Crippen molar-refractivity contribution in [3.63, 3.8) is 0 Å². The van der Waals surface area contributed by atoms with Crippen LogP contribution in [0.15, 0.2) is 30.3 Å². The Morgan fingerprint density at radius 3 is 1.57 bits per heavy atom. The second-order valence-corrected chi connectivity index (χ2v) is 12.8. The smallest absolute Gasteiger partial charge is 0.337 e. The van der Waals surface area contributed by atoms with Crippen LogP contribution in [0.1, 0.15) is 94.6 Å². The minimum Gasteiger partial charge on any atom is -0.478 e. The summed E-state index contributed by atoms with van der Waals surface area (Å²) in [6, 6.07) is 6.22. The van der Waals surface area contributed by atoms with Crippen molar-refractivity contribution < 1.29 is 38.3 Å². The van der Waals surface area contributed by atoms with Crippen molar-refractivity contribution >= 4 is 46.6 Å². The number of ketones is 2. The Labute approximate surface area is 272 Å². The molecule has 0 aliphatic rings. The average Bonchev–Trinajstić information content (AvgIpc) is 3.42. The number of carbonyl (C=O) groups excluding carboxylic acids is 5. The molecule has 0 atom stereocenters. The highest BCUT2D eigenvalue weighted by molar-refractivity contribution is 6.43. The minimum absolute atomic E-state index is 0.0226. The van der Waals surface area contributed by atoms with Crippen LogP contribution in [0.4, 0.5) is 15.8 Å². The number of aromatic carboxylic acids is 1. The van der Waals surface area contributed by atoms with E-state index >= 15 is 0 Å². The molecule has 2 aromatic heterocycles. The fourth-order valence-corrected chi connectivity index (χ4v) is 4.18. The highest BCUT2D eigenvalue weighted by atomic mass is 19.1. The Balaban J connectivity index is 0.000000353. The molecule has 0 aliphatic carbocycles. The average molecular weight is 651 g/mol. The summed E-state index contributed by atoms with van der Waals surface area (Å²) in [4.78, 5) is 75.0. The number of carboxylic acids is 1. The van der Waals surface area contributed by atoms with E-state index in [1.165, 1.54) is 33.4 Å². The van der Waals surface area contributed by atoms with Gasteiger partial charge in [0.05, 0.1) is 29.1 Å². The van der Waals surface area contributed by atoms with Crippen molar-refractivity contribution in [1.29, 1.82) is 0 Å². The number of hydrogen-bond acceptors (Lipinski definition) is 6. The molecule has 13 nitrogen and oxygen atoms in total. The van der Waals surface area contributed by atoms with Gasteiger partial charge >= 0.3 is 5.97 Å². The summed E-state index contributed by atoms with van der Waals surface area (Å²) >= 11 is 0. The Morgan fingerprint density at radius 2 is 1.19 bits per heavy atom. The number of rotatable bonds is 7. The van der Waals surface area contributed by atoms with Crippen molar-refractivity contribution in [1.82, 2.24) is 19.8 Å². The normalized spacial score (nSPS) is 11.0. The molecule has 3 amide bonds. The summed E-state index contributed by atoms with van der Waals surface area (Å²) in [5.74, 6) is -5.34. The van der Waals surface area contributed by atoms with Crippen LogP contribution in [0.3, 0.4) is 0 Å². The molecular formula is C33H39FN6O7. The number of carbonyl (C=O) groups is 6. The van der Waals surface area contributed by atoms with E-state index in [4.69, 9.17) is 11.7 Å². The maximum atomic E-state index is 13.4. The topological polar surface area (TPSA) is 173 Å². The fourth-order valence-electron chi connectivity index (χ4n) is 4.18. The van der Waals surface area contributed by atoms with E-state index in [2.05, 4.69) is 20.8 Å². The van der Waals surface area contributed by atoms with E-state index in [0.29, 0.717) is 11.4 Å². The second kappa shape index (κ2) is 14.2. The van der Waals surface area contributed by atoms with Gasteiger partial charge in [-0.15, -0.1) is 0 Å². The SMILES string of the molecule is Cc1c(C(=O)O)cc(C(=O)C(=O)NC(C)(C)C)n1C.[C-]#[N+]c1cc(NC(=O)c2cc(C(=O)C(=O)NC(C)(C)C)n(C)c2C)ccc1F. The number of carboxylic acid groups (broad SMARTS) is 1. The van der Waals surface area contributed by atoms with E-state index in [1.807, 2.05) is 0 Å². The van der Waals surface area contributed by atoms with Crippen LogP contribution >= 0.6 is 0 Å². The monoisotopic (exact) mass is 650 g/mol. The standard InChI is InChI=1S/C20H21FN4O3.C13H18N2O4/c1-11-13(18(27)23-12-7-8-14(21)15(9-12)22-5)10-16(25(11)6)17(26)19(28)24-20(2,3)4;1-7-8(12(18)19)6-9(15(7)5)10(16)11(17)14-13(2,3)4/h7-10H,1-4,6H3,(H,23,27)(H,24,28);6H,1-5H3,(H,14,17)(H,18,19). The van der Waals surface area contributed by atoms with Gasteiger partial charge in [-0.05, 0) is 85.7 Å². The van der Waals surface area contributed by atoms with Gasteiger partial charge in [-0.25, -0.2) is 14.0 Å². The molecule has 4 N–H and O–H groups in total. The predicted octanol–water partition coefficient (Wildman–Crippen LogP) is 4.50. The van der Waals surface area contributed by atoms with Crippen LogP contribution in [-0.2, 0) is 23.7 Å². The number of nitrogens with zero attached hydrogens (tertiary/aromatic N) is 3. The molecule has 0 radical (unpaired) electrons. The van der Waals surface area contributed by atoms with Crippen molar-refractivity contribution in [3.8, 4) is 0 Å². The number of benzene rings is 1. The van der Waals surface area contributed by atoms with Gasteiger partial charge in [0.15, 0.2) is 0 Å². The molecule has 0 saturated heterocycles. The maximum Gasteiger partial charge on any atom is 0.337 e. The molecule has 0 spiro atoms. The number of anilines is 1. The van der Waals surface area contributed by atoms with Gasteiger partial charge in [0.25, 0.3) is 29.3 Å². The lowest BCUT2D eigenvalue weighted by Crippen LogP contribution is -2.44. The molecule has 0 bridgehead atoms. The van der Waals surface area contributed by atoms with E-state index in [0.717, 1.165) is 6.07 Å². The lowest BCUT2D eigenvalue weighted by atomic mass is 10.1. The number of nitrogens with one attached hydrogen (secondary N) is 3. The van der Waals surface area contributed by atoms with Gasteiger partial charge in [-0.1, -0.05) is 0 Å². The summed E-state index contributed by atoms with van der Waals surface area (Å²) in [5.41, 5.74) is 0.214. The first-order valence-corrected chi connectivity index (χ1v) is 14.3. The van der Waals surface area contributed by atoms with Crippen LogP contribution < -0.4 is 16.0 Å². The van der Waals surface area contributed by atoms with Gasteiger partial charge in [0.1, 0.15) is 5.82 Å². The molecule has 0 fully saturated rings. The van der Waals surface area contributed by atoms with E-state index in [1.54, 1.807) is 69.5 Å². The predicted molar refractivity (Wildman–Crippen MR) is 172 cm³/mol. The van der Waals surface area contributed by atoms with E-state index in [9.17, 15) is 33.2 Å². The quantitative estimate of drug-likeness (QED) is 0.166. The molecular weight excluding hydrogens is 611 g/mol. The van der Waals surface area contributed by atoms with Crippen LogP contribution in [0.5, 0.6) is 0 Å². The first kappa shape index (κ1) is 37.6. The third-order valence-electron chi connectivity index (χ3n) is 6.72. The van der Waals surface area contributed by atoms with Crippen molar-refractivity contribution in [2.24, 2.45) is 14.1 Å². The van der Waals surface area contributed by atoms with E-state index in [-0.39, 0.29) is 33.9 Å². The van der Waals surface area contributed by atoms with Crippen molar-refractivity contribution in [2.45, 2.75) is 66.5 Å².